The molecule has 0 saturated heterocycles. The molecule has 2 rings (SSSR count). The van der Waals surface area contributed by atoms with Gasteiger partial charge >= 0.3 is 5.97 Å². The third kappa shape index (κ3) is 0.759. The molecule has 0 aromatic heterocycles. The second kappa shape index (κ2) is 2.12. The molecule has 0 aliphatic carbocycles. The first kappa shape index (κ1) is 5.97. The maximum Gasteiger partial charge on any atom is 0.357 e. The van der Waals surface area contributed by atoms with E-state index in [9.17, 15) is 4.79 Å². The largest absolute Gasteiger partial charge is 0.456 e. The number of ether oxygens (including phenoxy) is 1. The van der Waals surface area contributed by atoms with E-state index < -0.39 is 0 Å². The molecule has 0 aromatic carbocycles. The highest BCUT2D eigenvalue weighted by atomic mass is 32.2. The summed E-state index contributed by atoms with van der Waals surface area (Å²) in [6, 6.07) is 0. The molecular formula is C6H5NO2S. The Labute approximate surface area is 62.2 Å². The SMILES string of the molecule is O=C1OCC2=C1N=CSC2. The van der Waals surface area contributed by atoms with E-state index in [2.05, 4.69) is 4.99 Å². The predicted octanol–water partition coefficient (Wildman–Crippen LogP) is 0.572. The number of carbonyl (C=O) groups excluding carboxylic acids is 1. The molecule has 0 fully saturated rings. The third-order valence-electron chi connectivity index (χ3n) is 1.42. The van der Waals surface area contributed by atoms with Crippen LogP contribution < -0.4 is 0 Å². The highest BCUT2D eigenvalue weighted by Crippen LogP contribution is 2.23. The lowest BCUT2D eigenvalue weighted by atomic mass is 10.3. The molecule has 52 valence electrons. The monoisotopic (exact) mass is 155 g/mol. The van der Waals surface area contributed by atoms with Crippen molar-refractivity contribution in [2.75, 3.05) is 12.4 Å². The van der Waals surface area contributed by atoms with Crippen LogP contribution in [0.5, 0.6) is 0 Å². The zero-order valence-corrected chi connectivity index (χ0v) is 5.98. The zero-order valence-electron chi connectivity index (χ0n) is 5.16. The van der Waals surface area contributed by atoms with E-state index in [1.807, 2.05) is 0 Å². The molecule has 0 amide bonds. The molecule has 0 saturated carbocycles. The second-order valence-electron chi connectivity index (χ2n) is 2.07. The number of esters is 1. The fourth-order valence-electron chi connectivity index (χ4n) is 0.916. The van der Waals surface area contributed by atoms with Crippen LogP contribution in [0.25, 0.3) is 0 Å². The fraction of sp³-hybridized carbons (Fsp3) is 0.333. The Bertz CT molecular complexity index is 240. The van der Waals surface area contributed by atoms with Crippen molar-refractivity contribution < 1.29 is 9.53 Å². The van der Waals surface area contributed by atoms with Gasteiger partial charge in [-0.3, -0.25) is 0 Å². The van der Waals surface area contributed by atoms with Crippen LogP contribution in [0, 0.1) is 0 Å². The highest BCUT2D eigenvalue weighted by molar-refractivity contribution is 8.12. The molecular weight excluding hydrogens is 150 g/mol. The number of nitrogens with zero attached hydrogens (tertiary/aromatic N) is 1. The molecule has 2 aliphatic heterocycles. The van der Waals surface area contributed by atoms with Crippen molar-refractivity contribution in [1.29, 1.82) is 0 Å². The van der Waals surface area contributed by atoms with Crippen molar-refractivity contribution in [3.63, 3.8) is 0 Å². The van der Waals surface area contributed by atoms with E-state index in [0.29, 0.717) is 12.3 Å². The Morgan fingerprint density at radius 1 is 1.70 bits per heavy atom. The summed E-state index contributed by atoms with van der Waals surface area (Å²) in [6.45, 7) is 0.443. The van der Waals surface area contributed by atoms with E-state index in [0.717, 1.165) is 11.3 Å². The van der Waals surface area contributed by atoms with E-state index in [4.69, 9.17) is 4.74 Å². The molecule has 0 unspecified atom stereocenters. The van der Waals surface area contributed by atoms with Crippen molar-refractivity contribution in [3.8, 4) is 0 Å². The van der Waals surface area contributed by atoms with Crippen LogP contribution >= 0.6 is 11.8 Å². The summed E-state index contributed by atoms with van der Waals surface area (Å²) in [5.74, 6) is 0.580. The molecule has 0 N–H and O–H groups in total. The van der Waals surface area contributed by atoms with E-state index in [1.54, 1.807) is 17.3 Å². The summed E-state index contributed by atoms with van der Waals surface area (Å²) in [4.78, 5) is 14.7. The Morgan fingerprint density at radius 2 is 2.60 bits per heavy atom. The van der Waals surface area contributed by atoms with Crippen molar-refractivity contribution in [3.05, 3.63) is 11.3 Å². The molecule has 2 aliphatic rings. The molecule has 10 heavy (non-hydrogen) atoms. The fourth-order valence-corrected chi connectivity index (χ4v) is 1.59. The molecule has 0 atom stereocenters. The van der Waals surface area contributed by atoms with Gasteiger partial charge in [-0.1, -0.05) is 0 Å². The van der Waals surface area contributed by atoms with E-state index >= 15 is 0 Å². The number of rotatable bonds is 0. The number of aliphatic imine (C=N–C) groups is 1. The summed E-state index contributed by atoms with van der Waals surface area (Å²) < 4.78 is 4.76. The molecule has 0 spiro atoms. The first-order valence-corrected chi connectivity index (χ1v) is 3.96. The summed E-state index contributed by atoms with van der Waals surface area (Å²) in [5, 5.41) is 0. The van der Waals surface area contributed by atoms with Crippen molar-refractivity contribution in [2.24, 2.45) is 4.99 Å². The van der Waals surface area contributed by atoms with Gasteiger partial charge in [0.2, 0.25) is 0 Å². The number of hydrogen-bond acceptors (Lipinski definition) is 4. The van der Waals surface area contributed by atoms with Crippen molar-refractivity contribution >= 4 is 23.3 Å². The minimum Gasteiger partial charge on any atom is -0.456 e. The normalized spacial score (nSPS) is 23.0. The van der Waals surface area contributed by atoms with Gasteiger partial charge in [-0.25, -0.2) is 9.79 Å². The van der Waals surface area contributed by atoms with Crippen molar-refractivity contribution in [1.82, 2.24) is 0 Å². The lowest BCUT2D eigenvalue weighted by Gasteiger charge is -2.00. The van der Waals surface area contributed by atoms with E-state index in [-0.39, 0.29) is 5.97 Å². The predicted molar refractivity (Wildman–Crippen MR) is 38.9 cm³/mol. The standard InChI is InChI=1S/C6H5NO2S/c8-6-5-4(1-9-6)2-10-3-7-5/h3H,1-2H2. The number of cyclic esters (lactones) is 1. The van der Waals surface area contributed by atoms with Gasteiger partial charge in [0, 0.05) is 11.3 Å². The van der Waals surface area contributed by atoms with Gasteiger partial charge in [0.15, 0.2) is 5.70 Å². The topological polar surface area (TPSA) is 38.7 Å². The van der Waals surface area contributed by atoms with Crippen LogP contribution in [-0.4, -0.2) is 23.9 Å². The number of hydrogen-bond donors (Lipinski definition) is 0. The lowest BCUT2D eigenvalue weighted by molar-refractivity contribution is -0.136. The van der Waals surface area contributed by atoms with Gasteiger partial charge in [-0.2, -0.15) is 0 Å². The second-order valence-corrected chi connectivity index (χ2v) is 2.91. The Hall–Kier alpha value is -0.770. The van der Waals surface area contributed by atoms with Gasteiger partial charge in [0.1, 0.15) is 6.61 Å². The van der Waals surface area contributed by atoms with Crippen LogP contribution in [-0.2, 0) is 9.53 Å². The minimum atomic E-state index is -0.272. The van der Waals surface area contributed by atoms with Gasteiger partial charge in [-0.15, -0.1) is 11.8 Å². The van der Waals surface area contributed by atoms with Crippen LogP contribution in [0.15, 0.2) is 16.3 Å². The highest BCUT2D eigenvalue weighted by Gasteiger charge is 2.25. The van der Waals surface area contributed by atoms with Crippen LogP contribution in [0.1, 0.15) is 0 Å². The quantitative estimate of drug-likeness (QED) is 0.480. The Kier molecular flexibility index (Phi) is 1.27. The number of thioether (sulfide) groups is 1. The summed E-state index contributed by atoms with van der Waals surface area (Å²) in [5.41, 5.74) is 3.24. The lowest BCUT2D eigenvalue weighted by Crippen LogP contribution is -1.98. The smallest absolute Gasteiger partial charge is 0.357 e. The summed E-state index contributed by atoms with van der Waals surface area (Å²) >= 11 is 1.59. The number of carbonyl (C=O) groups is 1. The van der Waals surface area contributed by atoms with Crippen LogP contribution in [0.4, 0.5) is 0 Å². The Balaban J connectivity index is 2.38. The maximum absolute atomic E-state index is 10.8. The average molecular weight is 155 g/mol. The molecule has 0 bridgehead atoms. The molecule has 0 aromatic rings. The van der Waals surface area contributed by atoms with Gasteiger partial charge in [0.25, 0.3) is 0 Å². The van der Waals surface area contributed by atoms with E-state index in [1.165, 1.54) is 0 Å². The first-order chi connectivity index (χ1) is 4.88. The van der Waals surface area contributed by atoms with Gasteiger partial charge < -0.3 is 4.74 Å². The van der Waals surface area contributed by atoms with Crippen LogP contribution in [0.3, 0.4) is 0 Å². The zero-order chi connectivity index (χ0) is 6.97. The third-order valence-corrected chi connectivity index (χ3v) is 2.19. The van der Waals surface area contributed by atoms with Crippen LogP contribution in [0.2, 0.25) is 0 Å². The first-order valence-electron chi connectivity index (χ1n) is 2.91. The molecule has 4 heteroatoms. The van der Waals surface area contributed by atoms with Gasteiger partial charge in [0.05, 0.1) is 5.55 Å². The molecule has 2 heterocycles. The van der Waals surface area contributed by atoms with Crippen molar-refractivity contribution in [2.45, 2.75) is 0 Å². The summed E-state index contributed by atoms with van der Waals surface area (Å²) in [7, 11) is 0. The Morgan fingerprint density at radius 3 is 3.40 bits per heavy atom. The minimum absolute atomic E-state index is 0.272. The maximum atomic E-state index is 10.8. The van der Waals surface area contributed by atoms with Gasteiger partial charge in [-0.05, 0) is 0 Å². The molecule has 0 radical (unpaired) electrons. The average Bonchev–Trinajstić information content (AvgIpc) is 2.34. The summed E-state index contributed by atoms with van der Waals surface area (Å²) in [6.07, 6.45) is 0. The molecule has 3 nitrogen and oxygen atoms in total.